The number of ether oxygens (including phenoxy) is 2. The number of nitrogens with zero attached hydrogens (tertiary/aromatic N) is 2. The molecule has 1 aromatic carbocycles. The number of likely N-dealkylation sites (tertiary alicyclic amines) is 1. The molecular formula is C22H31F2IN4O3. The summed E-state index contributed by atoms with van der Waals surface area (Å²) in [5.41, 5.74) is 0.542. The van der Waals surface area contributed by atoms with Gasteiger partial charge < -0.3 is 24.5 Å². The first-order valence-electron chi connectivity index (χ1n) is 10.4. The number of furan rings is 1. The summed E-state index contributed by atoms with van der Waals surface area (Å²) >= 11 is 0. The van der Waals surface area contributed by atoms with Crippen LogP contribution in [0, 0.1) is 6.92 Å². The number of aryl methyl sites for hydroxylation is 1. The van der Waals surface area contributed by atoms with E-state index in [1.54, 1.807) is 19.2 Å². The highest BCUT2D eigenvalue weighted by Crippen LogP contribution is 2.27. The molecule has 10 heteroatoms. The molecule has 0 radical (unpaired) electrons. The third-order valence-electron chi connectivity index (χ3n) is 5.29. The van der Waals surface area contributed by atoms with Crippen molar-refractivity contribution >= 4 is 29.9 Å². The number of aliphatic imine (C=N–C) groups is 1. The van der Waals surface area contributed by atoms with Gasteiger partial charge >= 0.3 is 6.61 Å². The lowest BCUT2D eigenvalue weighted by Crippen LogP contribution is -2.42. The zero-order valence-electron chi connectivity index (χ0n) is 18.6. The summed E-state index contributed by atoms with van der Waals surface area (Å²) in [5, 5.41) is 6.49. The minimum atomic E-state index is -2.90. The number of methoxy groups -OCH3 is 1. The number of rotatable bonds is 9. The van der Waals surface area contributed by atoms with E-state index in [2.05, 4.69) is 25.3 Å². The Labute approximate surface area is 204 Å². The highest BCUT2D eigenvalue weighted by atomic mass is 127. The third-order valence-corrected chi connectivity index (χ3v) is 5.29. The van der Waals surface area contributed by atoms with Crippen LogP contribution in [0.3, 0.4) is 0 Å². The SMILES string of the molecule is CN=C(NCc1cc(OC)ccc1OC(F)F)NCC(c1ccc(C)o1)N1CCCC1.I. The largest absolute Gasteiger partial charge is 0.497 e. The fourth-order valence-electron chi connectivity index (χ4n) is 3.72. The molecule has 1 saturated heterocycles. The van der Waals surface area contributed by atoms with Gasteiger partial charge in [0.05, 0.1) is 13.2 Å². The van der Waals surface area contributed by atoms with Crippen LogP contribution in [0.15, 0.2) is 39.7 Å². The van der Waals surface area contributed by atoms with Crippen LogP contribution in [0.1, 0.15) is 36.0 Å². The molecule has 0 aliphatic carbocycles. The molecule has 7 nitrogen and oxygen atoms in total. The lowest BCUT2D eigenvalue weighted by Gasteiger charge is -2.27. The van der Waals surface area contributed by atoms with Crippen molar-refractivity contribution in [2.24, 2.45) is 4.99 Å². The molecule has 178 valence electrons. The van der Waals surface area contributed by atoms with Gasteiger partial charge in [-0.25, -0.2) is 0 Å². The molecule has 2 heterocycles. The van der Waals surface area contributed by atoms with Gasteiger partial charge in [-0.1, -0.05) is 0 Å². The summed E-state index contributed by atoms with van der Waals surface area (Å²) in [4.78, 5) is 6.66. The van der Waals surface area contributed by atoms with Crippen molar-refractivity contribution in [3.63, 3.8) is 0 Å². The number of hydrogen-bond acceptors (Lipinski definition) is 5. The normalized spacial score (nSPS) is 15.4. The maximum absolute atomic E-state index is 12.7. The van der Waals surface area contributed by atoms with Crippen molar-refractivity contribution in [2.45, 2.75) is 39.0 Å². The van der Waals surface area contributed by atoms with E-state index in [0.717, 1.165) is 24.6 Å². The van der Waals surface area contributed by atoms with Crippen LogP contribution in [0.2, 0.25) is 0 Å². The summed E-state index contributed by atoms with van der Waals surface area (Å²) in [6, 6.07) is 8.79. The fourth-order valence-corrected chi connectivity index (χ4v) is 3.72. The predicted molar refractivity (Wildman–Crippen MR) is 130 cm³/mol. The third kappa shape index (κ3) is 7.22. The van der Waals surface area contributed by atoms with Gasteiger partial charge in [-0.15, -0.1) is 24.0 Å². The molecule has 1 fully saturated rings. The average molecular weight is 564 g/mol. The Bertz CT molecular complexity index is 873. The Hall–Kier alpha value is -2.08. The topological polar surface area (TPSA) is 71.3 Å². The van der Waals surface area contributed by atoms with E-state index in [0.29, 0.717) is 23.8 Å². The van der Waals surface area contributed by atoms with Crippen LogP contribution in [0.5, 0.6) is 11.5 Å². The van der Waals surface area contributed by atoms with Crippen LogP contribution in [0.4, 0.5) is 8.78 Å². The molecule has 0 amide bonds. The zero-order chi connectivity index (χ0) is 22.2. The first kappa shape index (κ1) is 26.2. The molecule has 32 heavy (non-hydrogen) atoms. The van der Waals surface area contributed by atoms with E-state index >= 15 is 0 Å². The standard InChI is InChI=1S/C22H30F2N4O3.HI/c1-15-6-8-20(30-15)18(28-10-4-5-11-28)14-27-22(25-2)26-13-16-12-17(29-3)7-9-19(16)31-21(23)24;/h6-9,12,18,21H,4-5,10-11,13-14H2,1-3H3,(H2,25,26,27);1H. The van der Waals surface area contributed by atoms with Crippen LogP contribution < -0.4 is 20.1 Å². The molecule has 1 unspecified atom stereocenters. The van der Waals surface area contributed by atoms with Gasteiger partial charge in [-0.3, -0.25) is 9.89 Å². The van der Waals surface area contributed by atoms with Gasteiger partial charge in [0.1, 0.15) is 23.0 Å². The molecule has 1 aliphatic rings. The van der Waals surface area contributed by atoms with E-state index in [9.17, 15) is 8.78 Å². The van der Waals surface area contributed by atoms with Gasteiger partial charge in [-0.2, -0.15) is 8.78 Å². The van der Waals surface area contributed by atoms with Crippen LogP contribution >= 0.6 is 24.0 Å². The molecule has 2 aromatic rings. The minimum absolute atomic E-state index is 0. The number of nitrogens with one attached hydrogen (secondary N) is 2. The van der Waals surface area contributed by atoms with Crippen LogP contribution in [-0.2, 0) is 6.54 Å². The Balaban J connectivity index is 0.00000363. The van der Waals surface area contributed by atoms with Crippen LogP contribution in [0.25, 0.3) is 0 Å². The Morgan fingerprint density at radius 2 is 1.94 bits per heavy atom. The first-order chi connectivity index (χ1) is 15.0. The number of hydrogen-bond donors (Lipinski definition) is 2. The summed E-state index contributed by atoms with van der Waals surface area (Å²) in [6.45, 7) is 1.93. The van der Waals surface area contributed by atoms with Crippen molar-refractivity contribution in [1.82, 2.24) is 15.5 Å². The summed E-state index contributed by atoms with van der Waals surface area (Å²) in [7, 11) is 3.19. The molecule has 3 rings (SSSR count). The Morgan fingerprint density at radius 3 is 2.53 bits per heavy atom. The highest BCUT2D eigenvalue weighted by molar-refractivity contribution is 14.0. The highest BCUT2D eigenvalue weighted by Gasteiger charge is 2.26. The number of benzene rings is 1. The second-order valence-electron chi connectivity index (χ2n) is 7.37. The molecule has 1 atom stereocenters. The quantitative estimate of drug-likeness (QED) is 0.269. The van der Waals surface area contributed by atoms with E-state index in [-0.39, 0.29) is 42.3 Å². The lowest BCUT2D eigenvalue weighted by atomic mass is 10.2. The Kier molecular flexibility index (Phi) is 10.5. The molecule has 2 N–H and O–H groups in total. The van der Waals surface area contributed by atoms with Gasteiger partial charge in [0.25, 0.3) is 0 Å². The lowest BCUT2D eigenvalue weighted by molar-refractivity contribution is -0.0505. The monoisotopic (exact) mass is 564 g/mol. The second-order valence-corrected chi connectivity index (χ2v) is 7.37. The molecular weight excluding hydrogens is 533 g/mol. The number of guanidine groups is 1. The average Bonchev–Trinajstić information content (AvgIpc) is 3.43. The van der Waals surface area contributed by atoms with Crippen molar-refractivity contribution in [1.29, 1.82) is 0 Å². The Morgan fingerprint density at radius 1 is 1.19 bits per heavy atom. The van der Waals surface area contributed by atoms with Crippen molar-refractivity contribution in [3.05, 3.63) is 47.4 Å². The first-order valence-corrected chi connectivity index (χ1v) is 10.4. The molecule has 1 aliphatic heterocycles. The maximum Gasteiger partial charge on any atom is 0.387 e. The van der Waals surface area contributed by atoms with Gasteiger partial charge in [0, 0.05) is 25.7 Å². The van der Waals surface area contributed by atoms with Gasteiger partial charge in [0.15, 0.2) is 5.96 Å². The van der Waals surface area contributed by atoms with Crippen molar-refractivity contribution < 1.29 is 22.7 Å². The van der Waals surface area contributed by atoms with Crippen molar-refractivity contribution in [3.8, 4) is 11.5 Å². The smallest absolute Gasteiger partial charge is 0.387 e. The molecule has 0 saturated carbocycles. The second kappa shape index (κ2) is 12.8. The van der Waals surface area contributed by atoms with E-state index < -0.39 is 6.61 Å². The summed E-state index contributed by atoms with van der Waals surface area (Å²) < 4.78 is 41.2. The molecule has 0 bridgehead atoms. The summed E-state index contributed by atoms with van der Waals surface area (Å²) in [6.07, 6.45) is 2.35. The van der Waals surface area contributed by atoms with E-state index in [1.165, 1.54) is 26.0 Å². The minimum Gasteiger partial charge on any atom is -0.497 e. The van der Waals surface area contributed by atoms with Gasteiger partial charge in [-0.05, 0) is 63.2 Å². The van der Waals surface area contributed by atoms with Gasteiger partial charge in [0.2, 0.25) is 0 Å². The number of halogens is 3. The molecule has 1 aromatic heterocycles. The number of alkyl halides is 2. The summed E-state index contributed by atoms with van der Waals surface area (Å²) in [5.74, 6) is 3.01. The predicted octanol–water partition coefficient (Wildman–Crippen LogP) is 4.32. The van der Waals surface area contributed by atoms with E-state index in [1.807, 2.05) is 19.1 Å². The van der Waals surface area contributed by atoms with E-state index in [4.69, 9.17) is 9.15 Å². The van der Waals surface area contributed by atoms with Crippen molar-refractivity contribution in [2.75, 3.05) is 33.8 Å². The zero-order valence-corrected chi connectivity index (χ0v) is 20.9. The van der Waals surface area contributed by atoms with Crippen LogP contribution in [-0.4, -0.2) is 51.3 Å². The fraction of sp³-hybridized carbons (Fsp3) is 0.500. The maximum atomic E-state index is 12.7. The molecule has 0 spiro atoms.